The Morgan fingerprint density at radius 3 is 2.30 bits per heavy atom. The van der Waals surface area contributed by atoms with Crippen LogP contribution in [-0.4, -0.2) is 56.2 Å². The molecule has 0 aromatic heterocycles. The SMILES string of the molecule is Cc1ccccc1N1C[C@H](Cc2ccccc2)N(S(=O)(=O)N(C)C)CC1=O. The first-order valence-electron chi connectivity index (χ1n) is 8.90. The lowest BCUT2D eigenvalue weighted by molar-refractivity contribution is -0.120. The summed E-state index contributed by atoms with van der Waals surface area (Å²) in [5.74, 6) is -0.209. The van der Waals surface area contributed by atoms with E-state index in [1.54, 1.807) is 4.90 Å². The van der Waals surface area contributed by atoms with Crippen LogP contribution in [0.25, 0.3) is 0 Å². The van der Waals surface area contributed by atoms with Crippen molar-refractivity contribution in [3.63, 3.8) is 0 Å². The highest BCUT2D eigenvalue weighted by atomic mass is 32.2. The molecule has 1 fully saturated rings. The Morgan fingerprint density at radius 1 is 1.04 bits per heavy atom. The minimum absolute atomic E-state index is 0.160. The second kappa shape index (κ2) is 7.80. The van der Waals surface area contributed by atoms with E-state index < -0.39 is 10.2 Å². The Hall–Kier alpha value is -2.22. The van der Waals surface area contributed by atoms with Crippen LogP contribution < -0.4 is 4.90 Å². The minimum Gasteiger partial charge on any atom is -0.309 e. The third-order valence-corrected chi connectivity index (χ3v) is 6.81. The molecule has 1 atom stereocenters. The van der Waals surface area contributed by atoms with Crippen molar-refractivity contribution in [1.29, 1.82) is 0 Å². The van der Waals surface area contributed by atoms with E-state index >= 15 is 0 Å². The van der Waals surface area contributed by atoms with Crippen LogP contribution >= 0.6 is 0 Å². The van der Waals surface area contributed by atoms with E-state index in [0.717, 1.165) is 16.8 Å². The number of hydrogen-bond acceptors (Lipinski definition) is 3. The van der Waals surface area contributed by atoms with Gasteiger partial charge in [0.25, 0.3) is 10.2 Å². The Bertz CT molecular complexity index is 913. The van der Waals surface area contributed by atoms with Crippen LogP contribution in [0.5, 0.6) is 0 Å². The summed E-state index contributed by atoms with van der Waals surface area (Å²) in [5, 5.41) is 0. The van der Waals surface area contributed by atoms with E-state index in [9.17, 15) is 13.2 Å². The molecule has 1 heterocycles. The fourth-order valence-corrected chi connectivity index (χ4v) is 4.59. The number of para-hydroxylation sites is 1. The van der Waals surface area contributed by atoms with Crippen LogP contribution in [0.1, 0.15) is 11.1 Å². The maximum atomic E-state index is 12.8. The minimum atomic E-state index is -3.70. The van der Waals surface area contributed by atoms with E-state index in [-0.39, 0.29) is 18.5 Å². The molecule has 6 nitrogen and oxygen atoms in total. The van der Waals surface area contributed by atoms with Crippen molar-refractivity contribution < 1.29 is 13.2 Å². The van der Waals surface area contributed by atoms with Gasteiger partial charge in [-0.25, -0.2) is 0 Å². The Labute approximate surface area is 161 Å². The largest absolute Gasteiger partial charge is 0.309 e. The van der Waals surface area contributed by atoms with E-state index in [0.29, 0.717) is 13.0 Å². The predicted molar refractivity (Wildman–Crippen MR) is 107 cm³/mol. The number of hydrogen-bond donors (Lipinski definition) is 0. The normalized spacial score (nSPS) is 18.9. The number of piperazine rings is 1. The summed E-state index contributed by atoms with van der Waals surface area (Å²) in [6.07, 6.45) is 0.545. The van der Waals surface area contributed by atoms with Crippen molar-refractivity contribution >= 4 is 21.8 Å². The lowest BCUT2D eigenvalue weighted by Crippen LogP contribution is -2.60. The van der Waals surface area contributed by atoms with E-state index in [4.69, 9.17) is 0 Å². The summed E-state index contributed by atoms with van der Waals surface area (Å²) in [7, 11) is -0.712. The summed E-state index contributed by atoms with van der Waals surface area (Å²) >= 11 is 0. The Kier molecular flexibility index (Phi) is 5.64. The molecular formula is C20H25N3O3S. The van der Waals surface area contributed by atoms with Gasteiger partial charge in [0, 0.05) is 32.4 Å². The zero-order valence-corrected chi connectivity index (χ0v) is 16.7. The molecular weight excluding hydrogens is 362 g/mol. The molecule has 1 saturated heterocycles. The molecule has 1 aliphatic heterocycles. The number of rotatable bonds is 5. The van der Waals surface area contributed by atoms with E-state index in [1.165, 1.54) is 22.7 Å². The number of benzene rings is 2. The maximum absolute atomic E-state index is 12.8. The van der Waals surface area contributed by atoms with Gasteiger partial charge in [-0.3, -0.25) is 4.79 Å². The molecule has 0 aliphatic carbocycles. The zero-order chi connectivity index (χ0) is 19.6. The Balaban J connectivity index is 1.97. The summed E-state index contributed by atoms with van der Waals surface area (Å²) in [6, 6.07) is 17.1. The second-order valence-electron chi connectivity index (χ2n) is 6.97. The molecule has 2 aromatic rings. The molecule has 0 radical (unpaired) electrons. The summed E-state index contributed by atoms with van der Waals surface area (Å²) < 4.78 is 28.1. The average Bonchev–Trinajstić information content (AvgIpc) is 2.64. The van der Waals surface area contributed by atoms with Crippen molar-refractivity contribution in [1.82, 2.24) is 8.61 Å². The molecule has 27 heavy (non-hydrogen) atoms. The lowest BCUT2D eigenvalue weighted by atomic mass is 10.0. The number of nitrogens with zero attached hydrogens (tertiary/aromatic N) is 3. The van der Waals surface area contributed by atoms with Gasteiger partial charge in [-0.15, -0.1) is 0 Å². The van der Waals surface area contributed by atoms with Gasteiger partial charge in [0.15, 0.2) is 0 Å². The van der Waals surface area contributed by atoms with Gasteiger partial charge in [-0.2, -0.15) is 17.0 Å². The number of anilines is 1. The highest BCUT2D eigenvalue weighted by Crippen LogP contribution is 2.27. The molecule has 2 aromatic carbocycles. The summed E-state index contributed by atoms with van der Waals surface area (Å²) in [4.78, 5) is 14.5. The van der Waals surface area contributed by atoms with Crippen LogP contribution in [-0.2, 0) is 21.4 Å². The number of aryl methyl sites for hydroxylation is 1. The van der Waals surface area contributed by atoms with Crippen molar-refractivity contribution in [2.75, 3.05) is 32.1 Å². The molecule has 0 unspecified atom stereocenters. The zero-order valence-electron chi connectivity index (χ0n) is 15.9. The van der Waals surface area contributed by atoms with Gasteiger partial charge in [-0.05, 0) is 30.5 Å². The molecule has 0 bridgehead atoms. The number of amides is 1. The van der Waals surface area contributed by atoms with E-state index in [1.807, 2.05) is 61.5 Å². The standard InChI is InChI=1S/C20H25N3O3S/c1-16-9-7-8-12-19(16)22-14-18(13-17-10-5-4-6-11-17)23(15-20(22)24)27(25,26)21(2)3/h4-12,18H,13-15H2,1-3H3/t18-/m0/s1. The third kappa shape index (κ3) is 4.05. The first kappa shape index (κ1) is 19.5. The van der Waals surface area contributed by atoms with Crippen LogP contribution in [0.4, 0.5) is 5.69 Å². The molecule has 0 saturated carbocycles. The highest BCUT2D eigenvalue weighted by Gasteiger charge is 2.40. The van der Waals surface area contributed by atoms with E-state index in [2.05, 4.69) is 0 Å². The number of carbonyl (C=O) groups excluding carboxylic acids is 1. The van der Waals surface area contributed by atoms with Crippen LogP contribution in [0.2, 0.25) is 0 Å². The molecule has 7 heteroatoms. The van der Waals surface area contributed by atoms with Crippen molar-refractivity contribution in [2.45, 2.75) is 19.4 Å². The summed E-state index contributed by atoms with van der Waals surface area (Å²) in [6.45, 7) is 2.12. The molecule has 0 spiro atoms. The van der Waals surface area contributed by atoms with Gasteiger partial charge >= 0.3 is 0 Å². The quantitative estimate of drug-likeness (QED) is 0.789. The van der Waals surface area contributed by atoms with Gasteiger partial charge in [0.05, 0.1) is 6.54 Å². The van der Waals surface area contributed by atoms with Crippen LogP contribution in [0.15, 0.2) is 54.6 Å². The van der Waals surface area contributed by atoms with Gasteiger partial charge < -0.3 is 4.90 Å². The summed E-state index contributed by atoms with van der Waals surface area (Å²) in [5.41, 5.74) is 2.87. The molecule has 3 rings (SSSR count). The molecule has 1 aliphatic rings. The van der Waals surface area contributed by atoms with Gasteiger partial charge in [-0.1, -0.05) is 48.5 Å². The van der Waals surface area contributed by atoms with Crippen LogP contribution in [0.3, 0.4) is 0 Å². The first-order valence-corrected chi connectivity index (χ1v) is 10.3. The Morgan fingerprint density at radius 2 is 1.67 bits per heavy atom. The predicted octanol–water partition coefficient (Wildman–Crippen LogP) is 2.06. The van der Waals surface area contributed by atoms with Crippen molar-refractivity contribution in [3.8, 4) is 0 Å². The van der Waals surface area contributed by atoms with Gasteiger partial charge in [0.2, 0.25) is 5.91 Å². The number of carbonyl (C=O) groups is 1. The smallest absolute Gasteiger partial charge is 0.282 e. The van der Waals surface area contributed by atoms with Crippen molar-refractivity contribution in [2.24, 2.45) is 0 Å². The second-order valence-corrected chi connectivity index (χ2v) is 9.06. The fourth-order valence-electron chi connectivity index (χ4n) is 3.38. The van der Waals surface area contributed by atoms with Gasteiger partial charge in [0.1, 0.15) is 0 Å². The highest BCUT2D eigenvalue weighted by molar-refractivity contribution is 7.86. The molecule has 0 N–H and O–H groups in total. The monoisotopic (exact) mass is 387 g/mol. The lowest BCUT2D eigenvalue weighted by Gasteiger charge is -2.41. The molecule has 144 valence electrons. The topological polar surface area (TPSA) is 60.9 Å². The maximum Gasteiger partial charge on any atom is 0.282 e. The fraction of sp³-hybridized carbons (Fsp3) is 0.350. The first-order chi connectivity index (χ1) is 12.8. The average molecular weight is 388 g/mol. The van der Waals surface area contributed by atoms with Crippen LogP contribution in [0, 0.1) is 6.92 Å². The third-order valence-electron chi connectivity index (χ3n) is 4.87. The molecule has 1 amide bonds. The van der Waals surface area contributed by atoms with Crippen molar-refractivity contribution in [3.05, 3.63) is 65.7 Å².